The molecule has 5 nitrogen and oxygen atoms in total. The van der Waals surface area contributed by atoms with E-state index in [1.807, 2.05) is 0 Å². The van der Waals surface area contributed by atoms with Crippen LogP contribution in [-0.2, 0) is 23.7 Å². The first-order valence-electron chi connectivity index (χ1n) is 21.0. The molecule has 0 bridgehead atoms. The Morgan fingerprint density at radius 1 is 0.300 bits per heavy atom. The summed E-state index contributed by atoms with van der Waals surface area (Å²) >= 11 is 0. The van der Waals surface area contributed by atoms with Crippen molar-refractivity contribution in [1.82, 2.24) is 0 Å². The van der Waals surface area contributed by atoms with Crippen LogP contribution < -0.4 is 0 Å². The highest BCUT2D eigenvalue weighted by Crippen LogP contribution is 2.35. The molecular formula is C45H90O5. The lowest BCUT2D eigenvalue weighted by Crippen LogP contribution is -2.32. The molecule has 0 spiro atoms. The normalized spacial score (nSPS) is 27.4. The Morgan fingerprint density at radius 3 is 0.840 bits per heavy atom. The molecule has 4 atom stereocenters. The highest BCUT2D eigenvalue weighted by Gasteiger charge is 2.29. The summed E-state index contributed by atoms with van der Waals surface area (Å²) in [5, 5.41) is 0. The molecule has 0 aromatic rings. The molecule has 5 rings (SSSR count). The van der Waals surface area contributed by atoms with Crippen molar-refractivity contribution in [3.63, 3.8) is 0 Å². The average Bonchev–Trinajstić information content (AvgIpc) is 3.06. The molecule has 5 aliphatic rings. The zero-order valence-electron chi connectivity index (χ0n) is 36.6. The average molecular weight is 711 g/mol. The summed E-state index contributed by atoms with van der Waals surface area (Å²) in [6.45, 7) is 42.1. The minimum Gasteiger partial charge on any atom is -0.381 e. The third-order valence-electron chi connectivity index (χ3n) is 11.5. The van der Waals surface area contributed by atoms with Crippen molar-refractivity contribution in [3.8, 4) is 0 Å². The number of hydrogen-bond donors (Lipinski definition) is 0. The molecule has 0 unspecified atom stereocenters. The highest BCUT2D eigenvalue weighted by atomic mass is 16.5. The molecule has 5 aliphatic heterocycles. The molecule has 0 aromatic heterocycles. The van der Waals surface area contributed by atoms with E-state index in [9.17, 15) is 0 Å². The van der Waals surface area contributed by atoms with Crippen molar-refractivity contribution in [1.29, 1.82) is 0 Å². The van der Waals surface area contributed by atoms with E-state index >= 15 is 0 Å². The predicted molar refractivity (Wildman–Crippen MR) is 215 cm³/mol. The van der Waals surface area contributed by atoms with Gasteiger partial charge >= 0.3 is 0 Å². The van der Waals surface area contributed by atoms with Crippen LogP contribution in [0.2, 0.25) is 0 Å². The van der Waals surface area contributed by atoms with Gasteiger partial charge in [-0.05, 0) is 122 Å². The largest absolute Gasteiger partial charge is 0.381 e. The minimum atomic E-state index is 0.348. The van der Waals surface area contributed by atoms with Crippen molar-refractivity contribution in [2.75, 3.05) is 52.9 Å². The fourth-order valence-electron chi connectivity index (χ4n) is 7.26. The monoisotopic (exact) mass is 711 g/mol. The molecule has 0 amide bonds. The van der Waals surface area contributed by atoms with Gasteiger partial charge < -0.3 is 23.7 Å². The van der Waals surface area contributed by atoms with Crippen molar-refractivity contribution >= 4 is 0 Å². The lowest BCUT2D eigenvalue weighted by Gasteiger charge is -2.33. The van der Waals surface area contributed by atoms with E-state index in [0.29, 0.717) is 39.3 Å². The van der Waals surface area contributed by atoms with E-state index < -0.39 is 0 Å². The standard InChI is InChI=1S/5C9H18O/c1-9(2,3)8-4-6-10-7-5-8;2*1-9(2,3)8-5-4-6-10-7-8;2*1-9(2,3)8-6-4-5-7-10-8/h5*8H,4-7H2,1-3H3/t;4*8-/m.1010/s1. The van der Waals surface area contributed by atoms with Crippen LogP contribution in [-0.4, -0.2) is 65.1 Å². The molecule has 5 heteroatoms. The smallest absolute Gasteiger partial charge is 0.0623 e. The second-order valence-corrected chi connectivity index (χ2v) is 21.3. The van der Waals surface area contributed by atoms with Gasteiger partial charge in [0.1, 0.15) is 0 Å². The number of ether oxygens (including phenoxy) is 5. The Kier molecular flexibility index (Phi) is 21.9. The minimum absolute atomic E-state index is 0.348. The topological polar surface area (TPSA) is 46.2 Å². The highest BCUT2D eigenvalue weighted by molar-refractivity contribution is 4.79. The molecule has 5 heterocycles. The van der Waals surface area contributed by atoms with Crippen LogP contribution in [0.4, 0.5) is 0 Å². The maximum atomic E-state index is 5.64. The zero-order chi connectivity index (χ0) is 38.1. The van der Waals surface area contributed by atoms with E-state index in [4.69, 9.17) is 23.7 Å². The first-order valence-corrected chi connectivity index (χ1v) is 21.0. The van der Waals surface area contributed by atoms with Gasteiger partial charge in [0.15, 0.2) is 0 Å². The van der Waals surface area contributed by atoms with E-state index in [1.165, 1.54) is 77.0 Å². The molecule has 0 aromatic carbocycles. The first kappa shape index (κ1) is 47.8. The molecule has 0 saturated carbocycles. The molecule has 0 N–H and O–H groups in total. The van der Waals surface area contributed by atoms with Gasteiger partial charge in [0.25, 0.3) is 0 Å². The molecule has 5 saturated heterocycles. The lowest BCUT2D eigenvalue weighted by atomic mass is 9.76. The second-order valence-electron chi connectivity index (χ2n) is 21.3. The van der Waals surface area contributed by atoms with Gasteiger partial charge in [-0.3, -0.25) is 0 Å². The third kappa shape index (κ3) is 21.5. The number of hydrogen-bond acceptors (Lipinski definition) is 5. The van der Waals surface area contributed by atoms with Crippen LogP contribution >= 0.6 is 0 Å². The molecule has 50 heavy (non-hydrogen) atoms. The quantitative estimate of drug-likeness (QED) is 0.250. The maximum absolute atomic E-state index is 5.64. The van der Waals surface area contributed by atoms with Gasteiger partial charge in [-0.15, -0.1) is 0 Å². The van der Waals surface area contributed by atoms with Crippen molar-refractivity contribution in [2.45, 2.75) is 193 Å². The predicted octanol–water partition coefficient (Wildman–Crippen LogP) is 12.6. The van der Waals surface area contributed by atoms with Crippen LogP contribution in [0.5, 0.6) is 0 Å². The third-order valence-corrected chi connectivity index (χ3v) is 11.5. The Hall–Kier alpha value is -0.200. The molecule has 0 aliphatic carbocycles. The first-order chi connectivity index (χ1) is 23.0. The van der Waals surface area contributed by atoms with Crippen LogP contribution in [0.25, 0.3) is 0 Å². The van der Waals surface area contributed by atoms with Gasteiger partial charge in [0.2, 0.25) is 0 Å². The van der Waals surface area contributed by atoms with Crippen molar-refractivity contribution < 1.29 is 23.7 Å². The number of rotatable bonds is 0. The molecule has 5 fully saturated rings. The summed E-state index contributed by atoms with van der Waals surface area (Å²) in [4.78, 5) is 0. The van der Waals surface area contributed by atoms with Gasteiger partial charge in [-0.25, -0.2) is 0 Å². The van der Waals surface area contributed by atoms with E-state index in [0.717, 1.165) is 70.6 Å². The summed E-state index contributed by atoms with van der Waals surface area (Å²) in [5.74, 6) is 2.43. The second kappa shape index (κ2) is 22.9. The zero-order valence-corrected chi connectivity index (χ0v) is 36.6. The maximum Gasteiger partial charge on any atom is 0.0623 e. The van der Waals surface area contributed by atoms with Gasteiger partial charge in [-0.1, -0.05) is 104 Å². The van der Waals surface area contributed by atoms with E-state index in [-0.39, 0.29) is 0 Å². The van der Waals surface area contributed by atoms with E-state index in [2.05, 4.69) is 104 Å². The summed E-state index contributed by atoms with van der Waals surface area (Å²) in [6, 6.07) is 0. The Morgan fingerprint density at radius 2 is 0.660 bits per heavy atom. The van der Waals surface area contributed by atoms with Crippen molar-refractivity contribution in [3.05, 3.63) is 0 Å². The van der Waals surface area contributed by atoms with E-state index in [1.54, 1.807) is 0 Å². The Labute approximate surface area is 313 Å². The summed E-state index contributed by atoms with van der Waals surface area (Å²) in [5.41, 5.74) is 2.07. The Balaban J connectivity index is 0.000000312. The lowest BCUT2D eigenvalue weighted by molar-refractivity contribution is -0.0474. The van der Waals surface area contributed by atoms with Gasteiger partial charge in [0, 0.05) is 52.9 Å². The SMILES string of the molecule is CC(C)(C)C1CCOCC1.CC(C)(C)[C@@H]1CCCCO1.CC(C)(C)[C@@H]1CCCOC1.CC(C)(C)[C@H]1CCCCO1.CC(C)(C)[C@H]1CCCOC1. The van der Waals surface area contributed by atoms with Crippen LogP contribution in [0.15, 0.2) is 0 Å². The van der Waals surface area contributed by atoms with Gasteiger partial charge in [0.05, 0.1) is 12.2 Å². The van der Waals surface area contributed by atoms with Crippen LogP contribution in [0.1, 0.15) is 181 Å². The fraction of sp³-hybridized carbons (Fsp3) is 1.00. The van der Waals surface area contributed by atoms with Crippen molar-refractivity contribution in [2.24, 2.45) is 44.8 Å². The summed E-state index contributed by atoms with van der Waals surface area (Å²) in [6.07, 6.45) is 16.4. The fourth-order valence-corrected chi connectivity index (χ4v) is 7.26. The van der Waals surface area contributed by atoms with Crippen LogP contribution in [0.3, 0.4) is 0 Å². The molecular weight excluding hydrogens is 620 g/mol. The molecule has 300 valence electrons. The van der Waals surface area contributed by atoms with Gasteiger partial charge in [-0.2, -0.15) is 0 Å². The van der Waals surface area contributed by atoms with Crippen LogP contribution in [0, 0.1) is 44.8 Å². The summed E-state index contributed by atoms with van der Waals surface area (Å²) < 4.78 is 27.4. The summed E-state index contributed by atoms with van der Waals surface area (Å²) in [7, 11) is 0. The Bertz CT molecular complexity index is 641. The molecule has 0 radical (unpaired) electrons.